The molecule has 0 atom stereocenters. The number of hydrogen-bond acceptors (Lipinski definition) is 1. The van der Waals surface area contributed by atoms with Crippen LogP contribution in [-0.2, 0) is 0 Å². The summed E-state index contributed by atoms with van der Waals surface area (Å²) >= 11 is 0. The number of rotatable bonds is 17. The molecule has 0 amide bonds. The Hall–Kier alpha value is -2.61. The first-order valence-electron chi connectivity index (χ1n) is 14.2. The molecule has 0 radical (unpaired) electrons. The van der Waals surface area contributed by atoms with Crippen molar-refractivity contribution in [2.45, 2.75) is 90.9 Å². The molecule has 0 saturated heterocycles. The Bertz CT molecular complexity index is 976. The van der Waals surface area contributed by atoms with Gasteiger partial charge in [-0.25, -0.2) is 0 Å². The zero-order valence-corrected chi connectivity index (χ0v) is 22.3. The SMILES string of the molecule is CCCCCCCCN(CCCCCCCC)c1ccc2cc(C=C[n+]3ccccc3)ccc2c1. The van der Waals surface area contributed by atoms with Gasteiger partial charge in [-0.15, -0.1) is 0 Å². The number of unbranched alkanes of at least 4 members (excludes halogenated alkanes) is 10. The molecule has 3 rings (SSSR count). The van der Waals surface area contributed by atoms with Gasteiger partial charge in [-0.3, -0.25) is 0 Å². The molecule has 0 spiro atoms. The van der Waals surface area contributed by atoms with Gasteiger partial charge in [-0.1, -0.05) is 102 Å². The van der Waals surface area contributed by atoms with Crippen LogP contribution in [0.3, 0.4) is 0 Å². The van der Waals surface area contributed by atoms with Gasteiger partial charge in [-0.2, -0.15) is 4.57 Å². The average molecular weight is 472 g/mol. The van der Waals surface area contributed by atoms with Crippen LogP contribution in [0.2, 0.25) is 0 Å². The van der Waals surface area contributed by atoms with Crippen molar-refractivity contribution in [2.75, 3.05) is 18.0 Å². The predicted octanol–water partition coefficient (Wildman–Crippen LogP) is 9.28. The molecule has 0 aliphatic carbocycles. The fraction of sp³-hybridized carbons (Fsp3) is 0.485. The Balaban J connectivity index is 1.63. The average Bonchev–Trinajstić information content (AvgIpc) is 2.90. The maximum atomic E-state index is 2.65. The summed E-state index contributed by atoms with van der Waals surface area (Å²) in [6, 6.07) is 20.0. The molecule has 2 nitrogen and oxygen atoms in total. The lowest BCUT2D eigenvalue weighted by molar-refractivity contribution is -0.567. The number of anilines is 1. The first kappa shape index (κ1) is 27.0. The summed E-state index contributed by atoms with van der Waals surface area (Å²) in [5, 5.41) is 2.65. The molecule has 2 aromatic carbocycles. The first-order chi connectivity index (χ1) is 17.3. The Kier molecular flexibility index (Phi) is 12.4. The highest BCUT2D eigenvalue weighted by molar-refractivity contribution is 5.88. The van der Waals surface area contributed by atoms with Crippen molar-refractivity contribution in [1.82, 2.24) is 0 Å². The summed E-state index contributed by atoms with van der Waals surface area (Å²) in [5.41, 5.74) is 2.63. The van der Waals surface area contributed by atoms with Crippen molar-refractivity contribution in [1.29, 1.82) is 0 Å². The van der Waals surface area contributed by atoms with E-state index in [-0.39, 0.29) is 0 Å². The van der Waals surface area contributed by atoms with Crippen LogP contribution in [0.4, 0.5) is 5.69 Å². The lowest BCUT2D eigenvalue weighted by atomic mass is 10.0. The first-order valence-corrected chi connectivity index (χ1v) is 14.2. The van der Waals surface area contributed by atoms with Crippen LogP contribution in [0.5, 0.6) is 0 Å². The largest absolute Gasteiger partial charge is 0.372 e. The zero-order valence-electron chi connectivity index (χ0n) is 22.3. The van der Waals surface area contributed by atoms with Gasteiger partial charge in [0, 0.05) is 37.0 Å². The van der Waals surface area contributed by atoms with E-state index in [2.05, 4.69) is 96.5 Å². The van der Waals surface area contributed by atoms with Gasteiger partial charge >= 0.3 is 0 Å². The molecule has 0 unspecified atom stereocenters. The van der Waals surface area contributed by atoms with Crippen LogP contribution in [-0.4, -0.2) is 13.1 Å². The minimum Gasteiger partial charge on any atom is -0.372 e. The van der Waals surface area contributed by atoms with Crippen molar-refractivity contribution < 1.29 is 4.57 Å². The highest BCUT2D eigenvalue weighted by Gasteiger charge is 2.08. The molecule has 1 heterocycles. The second kappa shape index (κ2) is 16.1. The van der Waals surface area contributed by atoms with Crippen LogP contribution in [0.15, 0.2) is 67.0 Å². The third-order valence-corrected chi connectivity index (χ3v) is 6.95. The molecule has 0 N–H and O–H groups in total. The lowest BCUT2D eigenvalue weighted by Gasteiger charge is -2.25. The highest BCUT2D eigenvalue weighted by Crippen LogP contribution is 2.25. The number of pyridine rings is 1. The number of nitrogens with zero attached hydrogens (tertiary/aromatic N) is 2. The molecule has 2 heteroatoms. The second-order valence-electron chi connectivity index (χ2n) is 9.95. The van der Waals surface area contributed by atoms with Gasteiger partial charge in [-0.05, 0) is 47.4 Å². The fourth-order valence-electron chi connectivity index (χ4n) is 4.77. The van der Waals surface area contributed by atoms with Gasteiger partial charge in [0.2, 0.25) is 0 Å². The predicted molar refractivity (Wildman–Crippen MR) is 155 cm³/mol. The Morgan fingerprint density at radius 3 is 1.86 bits per heavy atom. The van der Waals surface area contributed by atoms with Crippen molar-refractivity contribution >= 4 is 28.7 Å². The second-order valence-corrected chi connectivity index (χ2v) is 9.95. The van der Waals surface area contributed by atoms with Gasteiger partial charge in [0.1, 0.15) is 0 Å². The maximum absolute atomic E-state index is 2.65. The standard InChI is InChI=1S/C33H47N2/c1-3-5-7-9-11-16-25-35(26-17-12-10-8-6-4-2)33-21-20-31-28-30(18-19-32(31)29-33)22-27-34-23-14-13-15-24-34/h13-15,18-24,27-29H,3-12,16-17,25-26H2,1-2H3/q+1. The number of fused-ring (bicyclic) bond motifs is 1. The summed E-state index contributed by atoms with van der Waals surface area (Å²) in [4.78, 5) is 2.65. The van der Waals surface area contributed by atoms with Crippen molar-refractivity contribution in [3.63, 3.8) is 0 Å². The maximum Gasteiger partial charge on any atom is 0.175 e. The molecule has 0 fully saturated rings. The molecular formula is C33H47N2+. The molecule has 1 aromatic heterocycles. The molecule has 0 aliphatic heterocycles. The van der Waals surface area contributed by atoms with Crippen LogP contribution < -0.4 is 9.47 Å². The Morgan fingerprint density at radius 1 is 0.629 bits per heavy atom. The summed E-state index contributed by atoms with van der Waals surface area (Å²) in [6.07, 6.45) is 24.7. The molecule has 0 bridgehead atoms. The summed E-state index contributed by atoms with van der Waals surface area (Å²) < 4.78 is 2.08. The minimum atomic E-state index is 1.18. The van der Waals surface area contributed by atoms with E-state index >= 15 is 0 Å². The molecule has 3 aromatic rings. The van der Waals surface area contributed by atoms with E-state index in [4.69, 9.17) is 0 Å². The Morgan fingerprint density at radius 2 is 1.20 bits per heavy atom. The quantitative estimate of drug-likeness (QED) is 0.140. The van der Waals surface area contributed by atoms with E-state index in [9.17, 15) is 0 Å². The zero-order chi connectivity index (χ0) is 24.6. The van der Waals surface area contributed by atoms with E-state index in [1.54, 1.807) is 0 Å². The monoisotopic (exact) mass is 471 g/mol. The number of benzene rings is 2. The van der Waals surface area contributed by atoms with Crippen molar-refractivity contribution in [3.05, 3.63) is 72.6 Å². The molecule has 0 saturated carbocycles. The van der Waals surface area contributed by atoms with Crippen LogP contribution in [0.25, 0.3) is 23.0 Å². The van der Waals surface area contributed by atoms with E-state index < -0.39 is 0 Å². The number of aromatic nitrogens is 1. The van der Waals surface area contributed by atoms with Gasteiger partial charge < -0.3 is 4.90 Å². The van der Waals surface area contributed by atoms with E-state index in [0.29, 0.717) is 0 Å². The Labute approximate surface area is 214 Å². The van der Waals surface area contributed by atoms with Gasteiger partial charge in [0.15, 0.2) is 18.6 Å². The highest BCUT2D eigenvalue weighted by atomic mass is 15.1. The van der Waals surface area contributed by atoms with Gasteiger partial charge in [0.05, 0.1) is 0 Å². The molecule has 0 aliphatic rings. The normalized spacial score (nSPS) is 11.5. The summed E-state index contributed by atoms with van der Waals surface area (Å²) in [7, 11) is 0. The summed E-state index contributed by atoms with van der Waals surface area (Å²) in [5.74, 6) is 0. The van der Waals surface area contributed by atoms with Crippen molar-refractivity contribution in [3.8, 4) is 0 Å². The molecular weight excluding hydrogens is 424 g/mol. The smallest absolute Gasteiger partial charge is 0.175 e. The third kappa shape index (κ3) is 9.88. The summed E-state index contributed by atoms with van der Waals surface area (Å²) in [6.45, 7) is 6.95. The van der Waals surface area contributed by atoms with Crippen LogP contribution in [0, 0.1) is 0 Å². The minimum absolute atomic E-state index is 1.18. The van der Waals surface area contributed by atoms with Crippen LogP contribution in [0.1, 0.15) is 96.5 Å². The van der Waals surface area contributed by atoms with Gasteiger partial charge in [0.25, 0.3) is 0 Å². The molecule has 188 valence electrons. The van der Waals surface area contributed by atoms with Crippen molar-refractivity contribution in [2.24, 2.45) is 0 Å². The van der Waals surface area contributed by atoms with E-state index in [0.717, 1.165) is 0 Å². The number of hydrogen-bond donors (Lipinski definition) is 0. The molecule has 35 heavy (non-hydrogen) atoms. The van der Waals surface area contributed by atoms with E-state index in [1.165, 1.54) is 112 Å². The topological polar surface area (TPSA) is 7.12 Å². The lowest BCUT2D eigenvalue weighted by Crippen LogP contribution is -2.25. The third-order valence-electron chi connectivity index (χ3n) is 6.95. The fourth-order valence-corrected chi connectivity index (χ4v) is 4.77. The van der Waals surface area contributed by atoms with E-state index in [1.807, 2.05) is 6.07 Å². The van der Waals surface area contributed by atoms with Crippen LogP contribution >= 0.6 is 0 Å².